The number of carbonyl (C=O) groups excluding carboxylic acids is 2. The summed E-state index contributed by atoms with van der Waals surface area (Å²) in [5.74, 6) is -0.144. The maximum atomic E-state index is 13.4. The minimum atomic E-state index is -0.762. The van der Waals surface area contributed by atoms with Crippen LogP contribution < -0.4 is 0 Å². The van der Waals surface area contributed by atoms with Crippen molar-refractivity contribution in [3.05, 3.63) is 0 Å². The number of likely N-dealkylation sites (N-methyl/N-ethyl adjacent to an activating group) is 1. The molecule has 132 valence electrons. The number of hydrogen-bond donors (Lipinski definition) is 1. The van der Waals surface area contributed by atoms with E-state index in [2.05, 4.69) is 6.92 Å². The Bertz CT molecular complexity index is 446. The smallest absolute Gasteiger partial charge is 0.327 e. The first kappa shape index (κ1) is 18.2. The molecular weight excluding hydrogens is 292 g/mol. The van der Waals surface area contributed by atoms with Crippen LogP contribution in [-0.2, 0) is 4.79 Å². The van der Waals surface area contributed by atoms with Crippen molar-refractivity contribution in [1.29, 1.82) is 0 Å². The molecule has 1 saturated heterocycles. The van der Waals surface area contributed by atoms with E-state index in [1.54, 1.807) is 11.9 Å². The van der Waals surface area contributed by atoms with E-state index in [-0.39, 0.29) is 24.0 Å². The van der Waals surface area contributed by atoms with Crippen LogP contribution in [0.1, 0.15) is 72.1 Å². The first-order chi connectivity index (χ1) is 10.9. The summed E-state index contributed by atoms with van der Waals surface area (Å²) in [6.07, 6.45) is 6.33. The molecule has 3 unspecified atom stereocenters. The van der Waals surface area contributed by atoms with Crippen molar-refractivity contribution in [1.82, 2.24) is 9.80 Å². The van der Waals surface area contributed by atoms with Crippen LogP contribution in [0.25, 0.3) is 0 Å². The summed E-state index contributed by atoms with van der Waals surface area (Å²) in [7, 11) is 1.75. The monoisotopic (exact) mass is 324 g/mol. The molecule has 0 spiro atoms. The van der Waals surface area contributed by atoms with Gasteiger partial charge in [0.25, 0.3) is 0 Å². The summed E-state index contributed by atoms with van der Waals surface area (Å²) in [5, 5.41) is 10.8. The standard InChI is InChI=1S/C18H32N2O3/c1-5-6-10-15(21)18(11-8-7-9-12-18)16(22)20-14(3)13(2)19(4)17(20)23/h13-15,21H,5-12H2,1-4H3. The SMILES string of the molecule is CCCCC(O)C1(C(=O)N2C(=O)N(C)C(C)C2C)CCCCC1. The molecule has 0 radical (unpaired) electrons. The Morgan fingerprint density at radius 1 is 1.26 bits per heavy atom. The van der Waals surface area contributed by atoms with Crippen LogP contribution >= 0.6 is 0 Å². The lowest BCUT2D eigenvalue weighted by atomic mass is 9.68. The Kier molecular flexibility index (Phi) is 5.71. The summed E-state index contributed by atoms with van der Waals surface area (Å²) in [6, 6.07) is -0.348. The van der Waals surface area contributed by atoms with Crippen molar-refractivity contribution in [2.75, 3.05) is 7.05 Å². The van der Waals surface area contributed by atoms with Gasteiger partial charge in [-0.15, -0.1) is 0 Å². The molecule has 0 aromatic heterocycles. The maximum Gasteiger partial charge on any atom is 0.327 e. The molecule has 1 saturated carbocycles. The van der Waals surface area contributed by atoms with Crippen LogP contribution in [0.2, 0.25) is 0 Å². The molecule has 1 N–H and O–H groups in total. The molecule has 0 aromatic carbocycles. The van der Waals surface area contributed by atoms with Crippen molar-refractivity contribution in [2.45, 2.75) is 90.3 Å². The van der Waals surface area contributed by atoms with Gasteiger partial charge in [-0.3, -0.25) is 9.69 Å². The molecule has 0 aromatic rings. The third kappa shape index (κ3) is 3.12. The normalized spacial score (nSPS) is 29.0. The molecule has 5 heteroatoms. The van der Waals surface area contributed by atoms with Gasteiger partial charge in [0.15, 0.2) is 0 Å². The van der Waals surface area contributed by atoms with Crippen molar-refractivity contribution < 1.29 is 14.7 Å². The lowest BCUT2D eigenvalue weighted by molar-refractivity contribution is -0.151. The third-order valence-corrected chi connectivity index (χ3v) is 6.08. The highest BCUT2D eigenvalue weighted by Gasteiger charge is 2.53. The Morgan fingerprint density at radius 3 is 2.35 bits per heavy atom. The van der Waals surface area contributed by atoms with Gasteiger partial charge >= 0.3 is 6.03 Å². The Labute approximate surface area is 140 Å². The zero-order valence-electron chi connectivity index (χ0n) is 15.0. The van der Waals surface area contributed by atoms with E-state index in [1.165, 1.54) is 4.90 Å². The highest BCUT2D eigenvalue weighted by Crippen LogP contribution is 2.44. The van der Waals surface area contributed by atoms with E-state index in [0.29, 0.717) is 19.3 Å². The molecule has 2 aliphatic rings. The number of hydrogen-bond acceptors (Lipinski definition) is 3. The van der Waals surface area contributed by atoms with Gasteiger partial charge in [0, 0.05) is 7.05 Å². The number of aliphatic hydroxyl groups excluding tert-OH is 1. The fourth-order valence-corrected chi connectivity index (χ4v) is 4.12. The van der Waals surface area contributed by atoms with Gasteiger partial charge in [-0.1, -0.05) is 39.0 Å². The van der Waals surface area contributed by atoms with E-state index in [4.69, 9.17) is 0 Å². The number of nitrogens with zero attached hydrogens (tertiary/aromatic N) is 2. The summed E-state index contributed by atoms with van der Waals surface area (Å²) < 4.78 is 0. The highest BCUT2D eigenvalue weighted by atomic mass is 16.3. The number of urea groups is 1. The molecular formula is C18H32N2O3. The second-order valence-corrected chi connectivity index (χ2v) is 7.42. The van der Waals surface area contributed by atoms with Gasteiger partial charge in [0.2, 0.25) is 5.91 Å². The van der Waals surface area contributed by atoms with Crippen molar-refractivity contribution in [3.8, 4) is 0 Å². The first-order valence-corrected chi connectivity index (χ1v) is 9.15. The maximum absolute atomic E-state index is 13.4. The van der Waals surface area contributed by atoms with E-state index < -0.39 is 11.5 Å². The second-order valence-electron chi connectivity index (χ2n) is 7.42. The van der Waals surface area contributed by atoms with E-state index >= 15 is 0 Å². The summed E-state index contributed by atoms with van der Waals surface area (Å²) in [4.78, 5) is 29.0. The number of unbranched alkanes of at least 4 members (excludes halogenated alkanes) is 1. The quantitative estimate of drug-likeness (QED) is 0.845. The van der Waals surface area contributed by atoms with Gasteiger partial charge in [-0.2, -0.15) is 0 Å². The van der Waals surface area contributed by atoms with Gasteiger partial charge < -0.3 is 10.0 Å². The number of aliphatic hydroxyl groups is 1. The highest BCUT2D eigenvalue weighted by molar-refractivity contribution is 5.99. The number of amides is 3. The molecule has 1 aliphatic heterocycles. The zero-order valence-corrected chi connectivity index (χ0v) is 15.0. The summed E-state index contributed by atoms with van der Waals surface area (Å²) in [6.45, 7) is 5.99. The molecule has 3 atom stereocenters. The molecule has 3 amide bonds. The molecule has 1 heterocycles. The number of rotatable bonds is 5. The van der Waals surface area contributed by atoms with Gasteiger partial charge in [-0.25, -0.2) is 4.79 Å². The van der Waals surface area contributed by atoms with E-state index in [9.17, 15) is 14.7 Å². The van der Waals surface area contributed by atoms with Crippen LogP contribution in [0.5, 0.6) is 0 Å². The fourth-order valence-electron chi connectivity index (χ4n) is 4.12. The first-order valence-electron chi connectivity index (χ1n) is 9.15. The average molecular weight is 324 g/mol. The molecule has 2 rings (SSSR count). The zero-order chi connectivity index (χ0) is 17.2. The molecule has 0 bridgehead atoms. The predicted molar refractivity (Wildman–Crippen MR) is 90.0 cm³/mol. The number of imide groups is 1. The van der Waals surface area contributed by atoms with Crippen LogP contribution in [0.15, 0.2) is 0 Å². The third-order valence-electron chi connectivity index (χ3n) is 6.08. The fraction of sp³-hybridized carbons (Fsp3) is 0.889. The predicted octanol–water partition coefficient (Wildman–Crippen LogP) is 3.16. The van der Waals surface area contributed by atoms with Crippen LogP contribution in [0.4, 0.5) is 4.79 Å². The van der Waals surface area contributed by atoms with Crippen LogP contribution in [0, 0.1) is 5.41 Å². The van der Waals surface area contributed by atoms with Crippen LogP contribution in [-0.4, -0.2) is 52.1 Å². The minimum Gasteiger partial charge on any atom is -0.392 e. The van der Waals surface area contributed by atoms with Crippen molar-refractivity contribution >= 4 is 11.9 Å². The van der Waals surface area contributed by atoms with Crippen LogP contribution in [0.3, 0.4) is 0 Å². The van der Waals surface area contributed by atoms with Crippen molar-refractivity contribution in [2.24, 2.45) is 5.41 Å². The molecule has 23 heavy (non-hydrogen) atoms. The largest absolute Gasteiger partial charge is 0.392 e. The lowest BCUT2D eigenvalue weighted by Gasteiger charge is -2.42. The van der Waals surface area contributed by atoms with Gasteiger partial charge in [0.1, 0.15) is 0 Å². The molecule has 5 nitrogen and oxygen atoms in total. The van der Waals surface area contributed by atoms with Crippen molar-refractivity contribution in [3.63, 3.8) is 0 Å². The minimum absolute atomic E-state index is 0.0138. The molecule has 1 aliphatic carbocycles. The number of carbonyl (C=O) groups is 2. The van der Waals surface area contributed by atoms with Gasteiger partial charge in [-0.05, 0) is 33.1 Å². The Morgan fingerprint density at radius 2 is 1.87 bits per heavy atom. The van der Waals surface area contributed by atoms with Gasteiger partial charge in [0.05, 0.1) is 23.6 Å². The Balaban J connectivity index is 2.28. The lowest BCUT2D eigenvalue weighted by Crippen LogP contribution is -2.54. The second kappa shape index (κ2) is 7.20. The summed E-state index contributed by atoms with van der Waals surface area (Å²) >= 11 is 0. The van der Waals surface area contributed by atoms with E-state index in [0.717, 1.165) is 32.1 Å². The topological polar surface area (TPSA) is 60.9 Å². The van der Waals surface area contributed by atoms with E-state index in [1.807, 2.05) is 13.8 Å². The summed E-state index contributed by atoms with van der Waals surface area (Å²) in [5.41, 5.74) is -0.762. The average Bonchev–Trinajstić information content (AvgIpc) is 2.76. The molecule has 2 fully saturated rings. The Hall–Kier alpha value is -1.10.